The van der Waals surface area contributed by atoms with Crippen molar-refractivity contribution < 1.29 is 23.8 Å². The van der Waals surface area contributed by atoms with Crippen LogP contribution in [0.1, 0.15) is 22.3 Å². The molecule has 1 N–H and O–H groups in total. The highest BCUT2D eigenvalue weighted by atomic mass is 19.1. The number of carboxylic acid groups (broad SMARTS) is 1. The maximum Gasteiger partial charge on any atom is 0.341 e. The third-order valence-electron chi connectivity index (χ3n) is 4.55. The van der Waals surface area contributed by atoms with E-state index in [1.807, 2.05) is 37.3 Å². The molecule has 3 aromatic carbocycles. The highest BCUT2D eigenvalue weighted by Gasteiger charge is 2.07. The summed E-state index contributed by atoms with van der Waals surface area (Å²) in [6.07, 6.45) is 7.36. The first kappa shape index (κ1) is 21.7. The molecule has 0 radical (unpaired) electrons. The minimum absolute atomic E-state index is 0.276. The average Bonchev–Trinajstić information content (AvgIpc) is 2.77. The molecule has 156 valence electrons. The van der Waals surface area contributed by atoms with Crippen molar-refractivity contribution in [3.63, 3.8) is 0 Å². The number of carbonyl (C=O) groups is 1. The molecule has 0 amide bonds. The zero-order chi connectivity index (χ0) is 22.2. The maximum absolute atomic E-state index is 13.4. The number of ether oxygens (including phenoxy) is 2. The number of benzene rings is 3. The van der Waals surface area contributed by atoms with E-state index in [-0.39, 0.29) is 12.4 Å². The van der Waals surface area contributed by atoms with E-state index in [2.05, 4.69) is 5.92 Å². The fourth-order valence-electron chi connectivity index (χ4n) is 3.01. The number of rotatable bonds is 8. The van der Waals surface area contributed by atoms with E-state index >= 15 is 0 Å². The van der Waals surface area contributed by atoms with E-state index in [0.29, 0.717) is 11.5 Å². The second-order valence-electron chi connectivity index (χ2n) is 6.77. The van der Waals surface area contributed by atoms with Crippen LogP contribution < -0.4 is 9.47 Å². The van der Waals surface area contributed by atoms with Gasteiger partial charge < -0.3 is 14.6 Å². The van der Waals surface area contributed by atoms with Crippen molar-refractivity contribution in [3.8, 4) is 23.8 Å². The van der Waals surface area contributed by atoms with Gasteiger partial charge in [-0.1, -0.05) is 30.2 Å². The number of aliphatic carboxylic acids is 1. The lowest BCUT2D eigenvalue weighted by Crippen LogP contribution is -2.10. The molecule has 0 atom stereocenters. The molecule has 0 fully saturated rings. The van der Waals surface area contributed by atoms with Crippen LogP contribution in [-0.4, -0.2) is 24.3 Å². The SMILES string of the molecule is C#Cc1ccc(/C(=C\COc2ccc(OCC(=O)O)c(C)c2)c2ccc(F)cc2)cc1. The minimum atomic E-state index is -1.03. The summed E-state index contributed by atoms with van der Waals surface area (Å²) < 4.78 is 24.5. The predicted molar refractivity (Wildman–Crippen MR) is 118 cm³/mol. The predicted octanol–water partition coefficient (Wildman–Crippen LogP) is 5.09. The second-order valence-corrected chi connectivity index (χ2v) is 6.77. The highest BCUT2D eigenvalue weighted by Crippen LogP contribution is 2.26. The van der Waals surface area contributed by atoms with Crippen LogP contribution in [0.2, 0.25) is 0 Å². The van der Waals surface area contributed by atoms with Gasteiger partial charge >= 0.3 is 5.97 Å². The zero-order valence-electron chi connectivity index (χ0n) is 17.0. The Kier molecular flexibility index (Phi) is 7.08. The van der Waals surface area contributed by atoms with E-state index in [0.717, 1.165) is 27.8 Å². The standard InChI is InChI=1S/C26H21FO4/c1-3-19-4-6-20(7-5-19)24(21-8-10-22(27)11-9-21)14-15-30-23-12-13-25(18(2)16-23)31-17-26(28)29/h1,4-14,16H,15,17H2,2H3,(H,28,29)/b24-14+. The summed E-state index contributed by atoms with van der Waals surface area (Å²) in [5, 5.41) is 8.73. The van der Waals surface area contributed by atoms with Crippen LogP contribution in [0.3, 0.4) is 0 Å². The topological polar surface area (TPSA) is 55.8 Å². The molecular formula is C26H21FO4. The number of aryl methyl sites for hydroxylation is 1. The lowest BCUT2D eigenvalue weighted by molar-refractivity contribution is -0.139. The summed E-state index contributed by atoms with van der Waals surface area (Å²) in [7, 11) is 0. The number of halogens is 1. The molecule has 0 saturated heterocycles. The monoisotopic (exact) mass is 416 g/mol. The molecule has 0 aromatic heterocycles. The summed E-state index contributed by atoms with van der Waals surface area (Å²) in [6.45, 7) is 1.69. The zero-order valence-corrected chi connectivity index (χ0v) is 17.0. The number of hydrogen-bond acceptors (Lipinski definition) is 3. The normalized spacial score (nSPS) is 10.9. The Morgan fingerprint density at radius 3 is 2.26 bits per heavy atom. The second kappa shape index (κ2) is 10.1. The number of hydrogen-bond donors (Lipinski definition) is 1. The van der Waals surface area contributed by atoms with Crippen molar-refractivity contribution in [2.24, 2.45) is 0 Å². The average molecular weight is 416 g/mol. The van der Waals surface area contributed by atoms with E-state index in [1.165, 1.54) is 12.1 Å². The molecule has 0 spiro atoms. The smallest absolute Gasteiger partial charge is 0.341 e. The summed E-state index contributed by atoms with van der Waals surface area (Å²) >= 11 is 0. The van der Waals surface area contributed by atoms with Gasteiger partial charge in [-0.2, -0.15) is 0 Å². The molecule has 0 aliphatic rings. The van der Waals surface area contributed by atoms with Gasteiger partial charge in [0.25, 0.3) is 0 Å². The third kappa shape index (κ3) is 5.97. The van der Waals surface area contributed by atoms with Crippen LogP contribution in [0.15, 0.2) is 72.8 Å². The molecule has 0 unspecified atom stereocenters. The molecule has 5 heteroatoms. The Morgan fingerprint density at radius 2 is 1.68 bits per heavy atom. The molecule has 0 aliphatic heterocycles. The van der Waals surface area contributed by atoms with Crippen molar-refractivity contribution in [1.82, 2.24) is 0 Å². The fourth-order valence-corrected chi connectivity index (χ4v) is 3.01. The van der Waals surface area contributed by atoms with Gasteiger partial charge in [0.05, 0.1) is 0 Å². The van der Waals surface area contributed by atoms with E-state index in [1.54, 1.807) is 30.3 Å². The van der Waals surface area contributed by atoms with Crippen LogP contribution in [0.5, 0.6) is 11.5 Å². The minimum Gasteiger partial charge on any atom is -0.489 e. The first-order chi connectivity index (χ1) is 15.0. The van der Waals surface area contributed by atoms with Gasteiger partial charge in [-0.3, -0.25) is 0 Å². The van der Waals surface area contributed by atoms with E-state index in [4.69, 9.17) is 21.0 Å². The molecule has 0 heterocycles. The van der Waals surface area contributed by atoms with Crippen LogP contribution in [0.4, 0.5) is 4.39 Å². The maximum atomic E-state index is 13.4. The van der Waals surface area contributed by atoms with Gasteiger partial charge in [-0.05, 0) is 77.7 Å². The van der Waals surface area contributed by atoms with E-state index < -0.39 is 12.6 Å². The molecular weight excluding hydrogens is 395 g/mol. The molecule has 0 bridgehead atoms. The van der Waals surface area contributed by atoms with Gasteiger partial charge in [0.2, 0.25) is 0 Å². The highest BCUT2D eigenvalue weighted by molar-refractivity contribution is 5.80. The Labute approximate surface area is 180 Å². The van der Waals surface area contributed by atoms with Crippen LogP contribution >= 0.6 is 0 Å². The quantitative estimate of drug-likeness (QED) is 0.520. The Morgan fingerprint density at radius 1 is 1.03 bits per heavy atom. The Bertz CT molecular complexity index is 1120. The summed E-state index contributed by atoms with van der Waals surface area (Å²) in [5.74, 6) is 2.37. The van der Waals surface area contributed by atoms with E-state index in [9.17, 15) is 9.18 Å². The van der Waals surface area contributed by atoms with Crippen molar-refractivity contribution in [2.75, 3.05) is 13.2 Å². The lowest BCUT2D eigenvalue weighted by Gasteiger charge is -2.12. The summed E-state index contributed by atoms with van der Waals surface area (Å²) in [4.78, 5) is 10.7. The van der Waals surface area contributed by atoms with Gasteiger partial charge in [-0.15, -0.1) is 6.42 Å². The number of terminal acetylenes is 1. The van der Waals surface area contributed by atoms with Gasteiger partial charge in [0, 0.05) is 5.56 Å². The summed E-state index contributed by atoms with van der Waals surface area (Å²) in [5.41, 5.74) is 4.22. The molecule has 3 rings (SSSR count). The fraction of sp³-hybridized carbons (Fsp3) is 0.115. The summed E-state index contributed by atoms with van der Waals surface area (Å²) in [6, 6.07) is 19.0. The van der Waals surface area contributed by atoms with Crippen molar-refractivity contribution >= 4 is 11.5 Å². The van der Waals surface area contributed by atoms with Gasteiger partial charge in [-0.25, -0.2) is 9.18 Å². The van der Waals surface area contributed by atoms with Gasteiger partial charge in [0.1, 0.15) is 23.9 Å². The Hall–Kier alpha value is -4.04. The lowest BCUT2D eigenvalue weighted by atomic mass is 9.97. The molecule has 4 nitrogen and oxygen atoms in total. The molecule has 31 heavy (non-hydrogen) atoms. The van der Waals surface area contributed by atoms with Crippen LogP contribution in [0.25, 0.3) is 5.57 Å². The molecule has 3 aromatic rings. The Balaban J connectivity index is 1.79. The first-order valence-electron chi connectivity index (χ1n) is 9.57. The van der Waals surface area contributed by atoms with Crippen molar-refractivity contribution in [2.45, 2.75) is 6.92 Å². The molecule has 0 saturated carbocycles. The van der Waals surface area contributed by atoms with Crippen LogP contribution in [0, 0.1) is 25.1 Å². The van der Waals surface area contributed by atoms with Crippen molar-refractivity contribution in [3.05, 3.63) is 101 Å². The molecule has 0 aliphatic carbocycles. The van der Waals surface area contributed by atoms with Crippen LogP contribution in [-0.2, 0) is 4.79 Å². The number of carboxylic acids is 1. The first-order valence-corrected chi connectivity index (χ1v) is 9.57. The van der Waals surface area contributed by atoms with Gasteiger partial charge in [0.15, 0.2) is 6.61 Å². The largest absolute Gasteiger partial charge is 0.489 e. The van der Waals surface area contributed by atoms with Crippen molar-refractivity contribution in [1.29, 1.82) is 0 Å². The third-order valence-corrected chi connectivity index (χ3v) is 4.55.